The second-order valence-corrected chi connectivity index (χ2v) is 7.62. The Bertz CT molecular complexity index is 693. The number of hydrogen-bond acceptors (Lipinski definition) is 6. The first-order valence-corrected chi connectivity index (χ1v) is 10.9. The van der Waals surface area contributed by atoms with Gasteiger partial charge in [0, 0.05) is 6.04 Å². The normalized spacial score (nSPS) is 20.9. The van der Waals surface area contributed by atoms with Crippen LogP contribution in [0.2, 0.25) is 0 Å². The molecule has 168 valence electrons. The molecule has 0 bridgehead atoms. The summed E-state index contributed by atoms with van der Waals surface area (Å²) >= 11 is 0. The zero-order chi connectivity index (χ0) is 22.1. The minimum atomic E-state index is -0.611. The molecule has 1 saturated carbocycles. The Balaban J connectivity index is 2.05. The second-order valence-electron chi connectivity index (χ2n) is 7.62. The van der Waals surface area contributed by atoms with Crippen LogP contribution in [0.4, 0.5) is 0 Å². The standard InChI is InChI=1S/C23H35NO6/c1-6-27-19-12-17(13-20(28-7-2)22(19)29-8-3)23(26)30-14-21(25)24-18-11-9-10-15(4)16(18)5/h12-13,15-16,18H,6-11,14H2,1-5H3,(H,24,25)/t15-,16+,18-/m1/s1. The molecular formula is C23H35NO6. The van der Waals surface area contributed by atoms with Crippen molar-refractivity contribution < 1.29 is 28.5 Å². The first-order valence-electron chi connectivity index (χ1n) is 10.9. The van der Waals surface area contributed by atoms with Gasteiger partial charge in [-0.05, 0) is 51.2 Å². The highest BCUT2D eigenvalue weighted by Gasteiger charge is 2.28. The van der Waals surface area contributed by atoms with Gasteiger partial charge < -0.3 is 24.3 Å². The minimum absolute atomic E-state index is 0.125. The van der Waals surface area contributed by atoms with Gasteiger partial charge in [0.15, 0.2) is 18.1 Å². The number of esters is 1. The van der Waals surface area contributed by atoms with Crippen molar-refractivity contribution in [2.45, 2.75) is 59.9 Å². The van der Waals surface area contributed by atoms with Crippen molar-refractivity contribution >= 4 is 11.9 Å². The van der Waals surface area contributed by atoms with Gasteiger partial charge in [0.1, 0.15) is 0 Å². The van der Waals surface area contributed by atoms with Crippen molar-refractivity contribution in [2.75, 3.05) is 26.4 Å². The zero-order valence-corrected chi connectivity index (χ0v) is 18.8. The first kappa shape index (κ1) is 23.8. The number of benzene rings is 1. The Labute approximate surface area is 179 Å². The SMILES string of the molecule is CCOc1cc(C(=O)OCC(=O)N[C@@H]2CCC[C@@H](C)[C@@H]2C)cc(OCC)c1OCC. The highest BCUT2D eigenvalue weighted by molar-refractivity contribution is 5.92. The number of carbonyl (C=O) groups is 2. The summed E-state index contributed by atoms with van der Waals surface area (Å²) in [6.07, 6.45) is 3.24. The quantitative estimate of drug-likeness (QED) is 0.576. The highest BCUT2D eigenvalue weighted by atomic mass is 16.5. The van der Waals surface area contributed by atoms with E-state index >= 15 is 0 Å². The minimum Gasteiger partial charge on any atom is -0.490 e. The van der Waals surface area contributed by atoms with E-state index in [4.69, 9.17) is 18.9 Å². The molecule has 1 aromatic rings. The summed E-state index contributed by atoms with van der Waals surface area (Å²) in [6, 6.07) is 3.24. The molecule has 1 aliphatic rings. The van der Waals surface area contributed by atoms with E-state index in [0.29, 0.717) is 48.9 Å². The summed E-state index contributed by atoms with van der Waals surface area (Å²) < 4.78 is 22.1. The van der Waals surface area contributed by atoms with Crippen molar-refractivity contribution in [3.05, 3.63) is 17.7 Å². The second kappa shape index (κ2) is 11.7. The lowest BCUT2D eigenvalue weighted by Crippen LogP contribution is -2.45. The van der Waals surface area contributed by atoms with Gasteiger partial charge in [0.05, 0.1) is 25.4 Å². The molecular weight excluding hydrogens is 386 g/mol. The lowest BCUT2D eigenvalue weighted by molar-refractivity contribution is -0.125. The Morgan fingerprint density at radius 1 is 0.967 bits per heavy atom. The smallest absolute Gasteiger partial charge is 0.338 e. The molecule has 1 N–H and O–H groups in total. The lowest BCUT2D eigenvalue weighted by Gasteiger charge is -2.34. The van der Waals surface area contributed by atoms with E-state index in [9.17, 15) is 9.59 Å². The summed E-state index contributed by atoms with van der Waals surface area (Å²) in [5.74, 6) is 1.36. The molecule has 3 atom stereocenters. The van der Waals surface area contributed by atoms with Gasteiger partial charge in [-0.3, -0.25) is 4.79 Å². The topological polar surface area (TPSA) is 83.1 Å². The van der Waals surface area contributed by atoms with Gasteiger partial charge in [-0.15, -0.1) is 0 Å². The third-order valence-electron chi connectivity index (χ3n) is 5.53. The van der Waals surface area contributed by atoms with E-state index in [1.807, 2.05) is 20.8 Å². The monoisotopic (exact) mass is 421 g/mol. The van der Waals surface area contributed by atoms with Crippen LogP contribution in [0.5, 0.6) is 17.2 Å². The third-order valence-corrected chi connectivity index (χ3v) is 5.53. The van der Waals surface area contributed by atoms with Gasteiger partial charge in [-0.25, -0.2) is 4.79 Å². The van der Waals surface area contributed by atoms with Crippen LogP contribution >= 0.6 is 0 Å². The van der Waals surface area contributed by atoms with Crippen LogP contribution in [0.1, 0.15) is 64.2 Å². The number of nitrogens with one attached hydrogen (secondary N) is 1. The fraction of sp³-hybridized carbons (Fsp3) is 0.652. The lowest BCUT2D eigenvalue weighted by atomic mass is 9.78. The van der Waals surface area contributed by atoms with E-state index in [1.54, 1.807) is 12.1 Å². The van der Waals surface area contributed by atoms with Gasteiger partial charge >= 0.3 is 5.97 Å². The largest absolute Gasteiger partial charge is 0.490 e. The average molecular weight is 422 g/mol. The fourth-order valence-corrected chi connectivity index (χ4v) is 3.76. The highest BCUT2D eigenvalue weighted by Crippen LogP contribution is 2.39. The van der Waals surface area contributed by atoms with Crippen LogP contribution in [0, 0.1) is 11.8 Å². The Morgan fingerprint density at radius 2 is 1.57 bits per heavy atom. The molecule has 30 heavy (non-hydrogen) atoms. The van der Waals surface area contributed by atoms with Crippen LogP contribution in [0.15, 0.2) is 12.1 Å². The molecule has 0 saturated heterocycles. The van der Waals surface area contributed by atoms with Gasteiger partial charge in [-0.1, -0.05) is 26.7 Å². The molecule has 7 heteroatoms. The predicted octanol–water partition coefficient (Wildman–Crippen LogP) is 3.98. The van der Waals surface area contributed by atoms with Crippen molar-refractivity contribution in [1.29, 1.82) is 0 Å². The van der Waals surface area contributed by atoms with Crippen molar-refractivity contribution in [1.82, 2.24) is 5.32 Å². The number of hydrogen-bond donors (Lipinski definition) is 1. The summed E-state index contributed by atoms with van der Waals surface area (Å²) in [4.78, 5) is 24.9. The molecule has 0 heterocycles. The molecule has 1 amide bonds. The van der Waals surface area contributed by atoms with Crippen LogP contribution in [-0.2, 0) is 9.53 Å². The third kappa shape index (κ3) is 6.28. The molecule has 1 aliphatic carbocycles. The van der Waals surface area contributed by atoms with E-state index in [2.05, 4.69) is 19.2 Å². The van der Waals surface area contributed by atoms with E-state index in [1.165, 1.54) is 6.42 Å². The molecule has 7 nitrogen and oxygen atoms in total. The van der Waals surface area contributed by atoms with Crippen molar-refractivity contribution in [3.8, 4) is 17.2 Å². The fourth-order valence-electron chi connectivity index (χ4n) is 3.76. The van der Waals surface area contributed by atoms with Crippen LogP contribution in [-0.4, -0.2) is 44.3 Å². The van der Waals surface area contributed by atoms with Crippen LogP contribution < -0.4 is 19.5 Å². The Kier molecular flexibility index (Phi) is 9.27. The van der Waals surface area contributed by atoms with Gasteiger partial charge in [0.2, 0.25) is 5.75 Å². The molecule has 1 aromatic carbocycles. The summed E-state index contributed by atoms with van der Waals surface area (Å²) in [7, 11) is 0. The number of carbonyl (C=O) groups excluding carboxylic acids is 2. The number of rotatable bonds is 10. The molecule has 0 aromatic heterocycles. The molecule has 2 rings (SSSR count). The predicted molar refractivity (Wildman–Crippen MR) is 114 cm³/mol. The Morgan fingerprint density at radius 3 is 2.13 bits per heavy atom. The Hall–Kier alpha value is -2.44. The maximum atomic E-state index is 12.6. The van der Waals surface area contributed by atoms with Crippen molar-refractivity contribution in [2.24, 2.45) is 11.8 Å². The maximum Gasteiger partial charge on any atom is 0.338 e. The number of amides is 1. The molecule has 0 unspecified atom stereocenters. The summed E-state index contributed by atoms with van der Waals surface area (Å²) in [5.41, 5.74) is 0.248. The molecule has 1 fully saturated rings. The van der Waals surface area contributed by atoms with E-state index < -0.39 is 5.97 Å². The van der Waals surface area contributed by atoms with Gasteiger partial charge in [-0.2, -0.15) is 0 Å². The molecule has 0 radical (unpaired) electrons. The first-order chi connectivity index (χ1) is 14.4. The van der Waals surface area contributed by atoms with Crippen LogP contribution in [0.3, 0.4) is 0 Å². The number of ether oxygens (including phenoxy) is 4. The van der Waals surface area contributed by atoms with Crippen LogP contribution in [0.25, 0.3) is 0 Å². The zero-order valence-electron chi connectivity index (χ0n) is 18.8. The molecule has 0 spiro atoms. The van der Waals surface area contributed by atoms with Crippen molar-refractivity contribution in [3.63, 3.8) is 0 Å². The summed E-state index contributed by atoms with van der Waals surface area (Å²) in [6.45, 7) is 10.8. The van der Waals surface area contributed by atoms with E-state index in [0.717, 1.165) is 12.8 Å². The maximum absolute atomic E-state index is 12.6. The average Bonchev–Trinajstić information content (AvgIpc) is 2.72. The van der Waals surface area contributed by atoms with Gasteiger partial charge in [0.25, 0.3) is 5.91 Å². The van der Waals surface area contributed by atoms with E-state index in [-0.39, 0.29) is 24.1 Å². The molecule has 0 aliphatic heterocycles. The summed E-state index contributed by atoms with van der Waals surface area (Å²) in [5, 5.41) is 3.01.